The lowest BCUT2D eigenvalue weighted by Gasteiger charge is -2.37. The number of nitrogens with zero attached hydrogens (tertiary/aromatic N) is 2. The number of benzene rings is 2. The van der Waals surface area contributed by atoms with Gasteiger partial charge in [0.2, 0.25) is 0 Å². The molecule has 2 amide bonds. The Labute approximate surface area is 183 Å². The largest absolute Gasteiger partial charge is 0.372 e. The van der Waals surface area contributed by atoms with Gasteiger partial charge >= 0.3 is 0 Å². The third kappa shape index (κ3) is 3.60. The average molecular weight is 449 g/mol. The van der Waals surface area contributed by atoms with Crippen molar-refractivity contribution in [2.24, 2.45) is 0 Å². The zero-order valence-corrected chi connectivity index (χ0v) is 17.9. The van der Waals surface area contributed by atoms with E-state index in [-0.39, 0.29) is 34.2 Å². The fraction of sp³-hybridized carbons (Fsp3) is 0.273. The number of carbonyl (C=O) groups excluding carboxylic acids is 2. The quantitative estimate of drug-likeness (QED) is 0.647. The summed E-state index contributed by atoms with van der Waals surface area (Å²) in [6.07, 6.45) is -0.290. The number of hydrogen-bond acceptors (Lipinski definition) is 4. The second-order valence-corrected chi connectivity index (χ2v) is 8.25. The monoisotopic (exact) mass is 448 g/mol. The van der Waals surface area contributed by atoms with E-state index in [9.17, 15) is 14.0 Å². The Bertz CT molecular complexity index is 1060. The average Bonchev–Trinajstić information content (AvgIpc) is 2.92. The normalized spacial score (nSPS) is 22.3. The predicted molar refractivity (Wildman–Crippen MR) is 114 cm³/mol. The molecule has 0 spiro atoms. The molecule has 1 fully saturated rings. The molecule has 2 aromatic rings. The van der Waals surface area contributed by atoms with Gasteiger partial charge in [-0.15, -0.1) is 0 Å². The fourth-order valence-electron chi connectivity index (χ4n) is 3.96. The van der Waals surface area contributed by atoms with Crippen molar-refractivity contribution in [2.45, 2.75) is 26.1 Å². The molecule has 0 aromatic heterocycles. The molecule has 2 aliphatic rings. The molecule has 2 aromatic carbocycles. The molecule has 2 aliphatic heterocycles. The molecule has 156 valence electrons. The van der Waals surface area contributed by atoms with E-state index in [4.69, 9.17) is 27.9 Å². The van der Waals surface area contributed by atoms with Crippen LogP contribution in [0.2, 0.25) is 10.0 Å². The van der Waals surface area contributed by atoms with E-state index in [2.05, 4.69) is 0 Å². The van der Waals surface area contributed by atoms with Crippen molar-refractivity contribution >= 4 is 46.3 Å². The van der Waals surface area contributed by atoms with Gasteiger partial charge in [0.1, 0.15) is 11.5 Å². The molecule has 0 radical (unpaired) electrons. The highest BCUT2D eigenvalue weighted by molar-refractivity contribution is 6.47. The van der Waals surface area contributed by atoms with E-state index in [0.717, 1.165) is 4.90 Å². The standard InChI is InChI=1S/C22H19Cl2FN2O3/c1-12-10-26(11-13(2)30-12)20-19(15-8-7-14(23)9-16(15)24)21(28)27(22(20)29)18-6-4-3-5-17(18)25/h3-9,12-13H,10-11H2,1-2H3. The maximum atomic E-state index is 14.5. The van der Waals surface area contributed by atoms with Gasteiger partial charge in [-0.3, -0.25) is 9.59 Å². The first-order valence-corrected chi connectivity index (χ1v) is 10.3. The Kier molecular flexibility index (Phi) is 5.57. The number of ether oxygens (including phenoxy) is 1. The van der Waals surface area contributed by atoms with Crippen LogP contribution in [0.1, 0.15) is 19.4 Å². The van der Waals surface area contributed by atoms with Gasteiger partial charge in [-0.25, -0.2) is 9.29 Å². The van der Waals surface area contributed by atoms with Gasteiger partial charge in [-0.05, 0) is 38.1 Å². The topological polar surface area (TPSA) is 49.9 Å². The molecule has 5 nitrogen and oxygen atoms in total. The number of halogens is 3. The van der Waals surface area contributed by atoms with Gasteiger partial charge in [-0.2, -0.15) is 0 Å². The molecule has 2 heterocycles. The van der Waals surface area contributed by atoms with E-state index in [1.807, 2.05) is 18.7 Å². The maximum absolute atomic E-state index is 14.5. The fourth-order valence-corrected chi connectivity index (χ4v) is 4.46. The number of hydrogen-bond donors (Lipinski definition) is 0. The Morgan fingerprint density at radius 3 is 2.30 bits per heavy atom. The molecule has 0 bridgehead atoms. The number of morpholine rings is 1. The van der Waals surface area contributed by atoms with Crippen LogP contribution < -0.4 is 4.90 Å². The summed E-state index contributed by atoms with van der Waals surface area (Å²) in [5.41, 5.74) is 0.597. The van der Waals surface area contributed by atoms with Crippen LogP contribution >= 0.6 is 23.2 Å². The van der Waals surface area contributed by atoms with Crippen LogP contribution in [0.3, 0.4) is 0 Å². The van der Waals surface area contributed by atoms with Crippen molar-refractivity contribution in [3.63, 3.8) is 0 Å². The number of amides is 2. The summed E-state index contributed by atoms with van der Waals surface area (Å²) in [5, 5.41) is 0.642. The van der Waals surface area contributed by atoms with Gasteiger partial charge < -0.3 is 9.64 Å². The summed E-state index contributed by atoms with van der Waals surface area (Å²) in [7, 11) is 0. The molecule has 0 aliphatic carbocycles. The molecule has 2 unspecified atom stereocenters. The van der Waals surface area contributed by atoms with E-state index in [0.29, 0.717) is 23.7 Å². The van der Waals surface area contributed by atoms with E-state index in [1.165, 1.54) is 24.3 Å². The second kappa shape index (κ2) is 8.02. The zero-order chi connectivity index (χ0) is 21.6. The summed E-state index contributed by atoms with van der Waals surface area (Å²) in [4.78, 5) is 29.6. The highest BCUT2D eigenvalue weighted by atomic mass is 35.5. The van der Waals surface area contributed by atoms with Gasteiger partial charge in [0.15, 0.2) is 0 Å². The van der Waals surface area contributed by atoms with Crippen LogP contribution in [0.5, 0.6) is 0 Å². The van der Waals surface area contributed by atoms with Gasteiger partial charge in [0, 0.05) is 23.7 Å². The molecule has 30 heavy (non-hydrogen) atoms. The predicted octanol–water partition coefficient (Wildman–Crippen LogP) is 4.53. The minimum absolute atomic E-state index is 0.0977. The summed E-state index contributed by atoms with van der Waals surface area (Å²) in [5.74, 6) is -1.88. The zero-order valence-electron chi connectivity index (χ0n) is 16.4. The molecule has 8 heteroatoms. The van der Waals surface area contributed by atoms with Crippen molar-refractivity contribution in [1.29, 1.82) is 0 Å². The Morgan fingerprint density at radius 2 is 1.67 bits per heavy atom. The number of imide groups is 1. The van der Waals surface area contributed by atoms with Crippen LogP contribution in [0.4, 0.5) is 10.1 Å². The van der Waals surface area contributed by atoms with Crippen molar-refractivity contribution in [3.05, 3.63) is 69.6 Å². The first kappa shape index (κ1) is 20.8. The van der Waals surface area contributed by atoms with Crippen molar-refractivity contribution in [1.82, 2.24) is 4.90 Å². The lowest BCUT2D eigenvalue weighted by atomic mass is 10.0. The van der Waals surface area contributed by atoms with Crippen molar-refractivity contribution in [2.75, 3.05) is 18.0 Å². The first-order chi connectivity index (χ1) is 14.3. The second-order valence-electron chi connectivity index (χ2n) is 7.41. The summed E-state index contributed by atoms with van der Waals surface area (Å²) in [6, 6.07) is 10.4. The first-order valence-electron chi connectivity index (χ1n) is 9.51. The number of anilines is 1. The van der Waals surface area contributed by atoms with Crippen LogP contribution in [0.15, 0.2) is 48.2 Å². The Morgan fingerprint density at radius 1 is 1.00 bits per heavy atom. The van der Waals surface area contributed by atoms with Crippen molar-refractivity contribution < 1.29 is 18.7 Å². The highest BCUT2D eigenvalue weighted by Crippen LogP contribution is 2.39. The maximum Gasteiger partial charge on any atom is 0.282 e. The lowest BCUT2D eigenvalue weighted by Crippen LogP contribution is -2.47. The number of rotatable bonds is 3. The van der Waals surface area contributed by atoms with Crippen LogP contribution in [0.25, 0.3) is 5.57 Å². The Balaban J connectivity index is 1.89. The van der Waals surface area contributed by atoms with E-state index < -0.39 is 17.6 Å². The van der Waals surface area contributed by atoms with E-state index >= 15 is 0 Å². The molecule has 4 rings (SSSR count). The van der Waals surface area contributed by atoms with Crippen LogP contribution in [-0.4, -0.2) is 42.0 Å². The minimum atomic E-state index is -0.661. The summed E-state index contributed by atoms with van der Waals surface area (Å²) < 4.78 is 20.3. The number of carbonyl (C=O) groups is 2. The Hall–Kier alpha value is -2.41. The van der Waals surface area contributed by atoms with Gasteiger partial charge in [0.25, 0.3) is 11.8 Å². The molecular formula is C22H19Cl2FN2O3. The number of para-hydroxylation sites is 1. The highest BCUT2D eigenvalue weighted by Gasteiger charge is 2.45. The molecule has 1 saturated heterocycles. The lowest BCUT2D eigenvalue weighted by molar-refractivity contribution is -0.121. The summed E-state index contributed by atoms with van der Waals surface area (Å²) >= 11 is 12.4. The molecule has 2 atom stereocenters. The van der Waals surface area contributed by atoms with Crippen molar-refractivity contribution in [3.8, 4) is 0 Å². The van der Waals surface area contributed by atoms with Gasteiger partial charge in [-0.1, -0.05) is 41.4 Å². The third-order valence-electron chi connectivity index (χ3n) is 5.09. The van der Waals surface area contributed by atoms with Crippen LogP contribution in [0, 0.1) is 5.82 Å². The molecule has 0 saturated carbocycles. The smallest absolute Gasteiger partial charge is 0.282 e. The minimum Gasteiger partial charge on any atom is -0.372 e. The van der Waals surface area contributed by atoms with Gasteiger partial charge in [0.05, 0.1) is 28.5 Å². The SMILES string of the molecule is CC1CN(C2=C(c3ccc(Cl)cc3Cl)C(=O)N(c3ccccc3F)C2=O)CC(C)O1. The molecular weight excluding hydrogens is 430 g/mol. The third-order valence-corrected chi connectivity index (χ3v) is 5.64. The van der Waals surface area contributed by atoms with Crippen LogP contribution in [-0.2, 0) is 14.3 Å². The summed E-state index contributed by atoms with van der Waals surface area (Å²) in [6.45, 7) is 4.62. The van der Waals surface area contributed by atoms with E-state index in [1.54, 1.807) is 18.2 Å². The molecule has 0 N–H and O–H groups in total.